The summed E-state index contributed by atoms with van der Waals surface area (Å²) in [7, 11) is 0. The summed E-state index contributed by atoms with van der Waals surface area (Å²) in [5.41, 5.74) is 10.2. The lowest BCUT2D eigenvalue weighted by Crippen LogP contribution is -2.43. The van der Waals surface area contributed by atoms with Crippen LogP contribution in [0.25, 0.3) is 0 Å². The summed E-state index contributed by atoms with van der Waals surface area (Å²) < 4.78 is 70.3. The number of rotatable bonds is 53. The van der Waals surface area contributed by atoms with Gasteiger partial charge in [-0.2, -0.15) is 0 Å². The molecule has 1 heterocycles. The zero-order valence-electron chi connectivity index (χ0n) is 49.9. The number of amides is 3. The molecule has 2 aromatic carbocycles. The van der Waals surface area contributed by atoms with Crippen LogP contribution in [-0.4, -0.2) is 176 Å². The van der Waals surface area contributed by atoms with Crippen molar-refractivity contribution in [2.45, 2.75) is 129 Å². The first-order chi connectivity index (χ1) is 40.5. The second-order valence-corrected chi connectivity index (χ2v) is 21.6. The molecule has 3 amide bonds. The van der Waals surface area contributed by atoms with E-state index in [0.717, 1.165) is 92.1 Å². The van der Waals surface area contributed by atoms with Crippen LogP contribution in [0.3, 0.4) is 0 Å². The number of fused-ring (bicyclic) bond motifs is 2. The van der Waals surface area contributed by atoms with Crippen LogP contribution >= 0.6 is 0 Å². The molecule has 4 atom stereocenters. The SMILES string of the molecule is CC(CCCCC/C(=C/N)NCCOCCOCCOCCOCCCCS(=O)O)OCCCCCC(CCOCCOCCOCCOCCNC(=O)CCC(=O)N1Cc2ccccc2C#Cc2ccccc21)C(=O)NC(C=O)C(C)C. The Balaban J connectivity index is 1.13. The number of carbonyl (C=O) groups is 4. The number of allylic oxidation sites excluding steroid dienone is 1. The number of aldehydes is 1. The lowest BCUT2D eigenvalue weighted by atomic mass is 9.96. The second-order valence-electron chi connectivity index (χ2n) is 20.5. The van der Waals surface area contributed by atoms with Gasteiger partial charge >= 0.3 is 0 Å². The van der Waals surface area contributed by atoms with Gasteiger partial charge in [-0.1, -0.05) is 81.7 Å². The third-order valence-corrected chi connectivity index (χ3v) is 14.1. The first-order valence-electron chi connectivity index (χ1n) is 30.0. The Kier molecular flexibility index (Phi) is 42.2. The number of nitrogens with one attached hydrogen (secondary N) is 3. The van der Waals surface area contributed by atoms with Gasteiger partial charge in [-0.3, -0.25) is 14.4 Å². The minimum Gasteiger partial charge on any atom is -0.403 e. The van der Waals surface area contributed by atoms with Gasteiger partial charge in [0, 0.05) is 80.4 Å². The minimum absolute atomic E-state index is 0.00631. The van der Waals surface area contributed by atoms with Crippen LogP contribution in [0.2, 0.25) is 0 Å². The van der Waals surface area contributed by atoms with E-state index in [4.69, 9.17) is 52.9 Å². The van der Waals surface area contributed by atoms with Crippen LogP contribution < -0.4 is 26.6 Å². The molecule has 1 aliphatic rings. The van der Waals surface area contributed by atoms with Crippen LogP contribution in [0.4, 0.5) is 5.69 Å². The van der Waals surface area contributed by atoms with Crippen molar-refractivity contribution in [3.8, 4) is 11.8 Å². The first kappa shape index (κ1) is 72.4. The van der Waals surface area contributed by atoms with E-state index >= 15 is 0 Å². The highest BCUT2D eigenvalue weighted by molar-refractivity contribution is 7.79. The molecule has 0 aliphatic carbocycles. The number of ether oxygens (including phenoxy) is 9. The molecule has 0 spiro atoms. The van der Waals surface area contributed by atoms with E-state index in [-0.39, 0.29) is 54.3 Å². The van der Waals surface area contributed by atoms with Crippen molar-refractivity contribution in [2.24, 2.45) is 17.6 Å². The molecule has 20 nitrogen and oxygen atoms in total. The molecule has 6 N–H and O–H groups in total. The first-order valence-corrected chi connectivity index (χ1v) is 31.3. The normalized spacial score (nSPS) is 13.7. The molecule has 0 aromatic heterocycles. The Morgan fingerprint density at radius 3 is 1.78 bits per heavy atom. The summed E-state index contributed by atoms with van der Waals surface area (Å²) in [6.45, 7) is 15.0. The standard InChI is InChI=1S/C62H99N5O15S/c1-51(2)58(50-68)66-62(71)55(19-7-5-13-31-82-52(3)16-6-4-8-21-57(48-63)64-28-33-76-37-41-80-45-43-78-39-35-74-30-14-15-47-83(72)73)27-32-75-36-40-79-44-46-81-42-38-77-34-29-65-60(69)25-26-61(70)67-49-56-20-10-9-17-53(56)23-24-54-18-11-12-22-59(54)67/h9-12,17-18,20,22,48,50-52,55,58,64H,4-8,13-16,19,21,25-47,49,63H2,1-3H3,(H,65,69)(H,66,71)(H,72,73)/b57-48-. The number of nitrogens with zero attached hydrogens (tertiary/aromatic N) is 1. The predicted molar refractivity (Wildman–Crippen MR) is 322 cm³/mol. The second kappa shape index (κ2) is 48.4. The molecular weight excluding hydrogens is 1090 g/mol. The van der Waals surface area contributed by atoms with Crippen molar-refractivity contribution in [1.82, 2.24) is 16.0 Å². The maximum Gasteiger partial charge on any atom is 0.227 e. The van der Waals surface area contributed by atoms with Gasteiger partial charge in [0.1, 0.15) is 6.29 Å². The van der Waals surface area contributed by atoms with E-state index in [1.807, 2.05) is 62.4 Å². The molecule has 2 aromatic rings. The monoisotopic (exact) mass is 1190 g/mol. The lowest BCUT2D eigenvalue weighted by Gasteiger charge is -2.26. The van der Waals surface area contributed by atoms with Gasteiger partial charge in [-0.05, 0) is 88.0 Å². The molecule has 0 bridgehead atoms. The summed E-state index contributed by atoms with van der Waals surface area (Å²) >= 11 is -1.74. The zero-order valence-corrected chi connectivity index (χ0v) is 50.7. The van der Waals surface area contributed by atoms with E-state index < -0.39 is 17.1 Å². The van der Waals surface area contributed by atoms with Crippen molar-refractivity contribution in [2.75, 3.05) is 136 Å². The third kappa shape index (κ3) is 35.9. The summed E-state index contributed by atoms with van der Waals surface area (Å²) in [6.07, 6.45) is 13.1. The van der Waals surface area contributed by atoms with Gasteiger partial charge in [0.25, 0.3) is 0 Å². The maximum absolute atomic E-state index is 13.4. The largest absolute Gasteiger partial charge is 0.403 e. The van der Waals surface area contributed by atoms with Gasteiger partial charge < -0.3 is 78.6 Å². The number of para-hydroxylation sites is 1. The fraction of sp³-hybridized carbons (Fsp3) is 0.677. The van der Waals surface area contributed by atoms with Crippen LogP contribution in [0.15, 0.2) is 60.4 Å². The average molecular weight is 1190 g/mol. The smallest absolute Gasteiger partial charge is 0.227 e. The Bertz CT molecular complexity index is 2180. The van der Waals surface area contributed by atoms with Crippen LogP contribution in [0, 0.1) is 23.7 Å². The zero-order chi connectivity index (χ0) is 59.8. The van der Waals surface area contributed by atoms with Gasteiger partial charge in [-0.15, -0.1) is 0 Å². The number of hydrogen-bond donors (Lipinski definition) is 5. The highest BCUT2D eigenvalue weighted by Gasteiger charge is 2.24. The quantitative estimate of drug-likeness (QED) is 0.0202. The Morgan fingerprint density at radius 1 is 0.614 bits per heavy atom. The molecule has 468 valence electrons. The van der Waals surface area contributed by atoms with E-state index in [0.29, 0.717) is 151 Å². The van der Waals surface area contributed by atoms with E-state index in [1.54, 1.807) is 11.1 Å². The molecule has 0 saturated carbocycles. The Morgan fingerprint density at radius 2 is 1.16 bits per heavy atom. The number of anilines is 1. The fourth-order valence-electron chi connectivity index (χ4n) is 8.62. The predicted octanol–water partition coefficient (Wildman–Crippen LogP) is 6.62. The van der Waals surface area contributed by atoms with E-state index in [9.17, 15) is 23.4 Å². The Hall–Kier alpha value is -4.83. The van der Waals surface area contributed by atoms with Crippen LogP contribution in [0.5, 0.6) is 0 Å². The molecule has 21 heteroatoms. The Labute approximate surface area is 497 Å². The number of carbonyl (C=O) groups excluding carboxylic acids is 4. The van der Waals surface area contributed by atoms with Crippen molar-refractivity contribution < 1.29 is 70.6 Å². The molecule has 0 fully saturated rings. The molecule has 0 radical (unpaired) electrons. The summed E-state index contributed by atoms with van der Waals surface area (Å²) in [4.78, 5) is 52.7. The van der Waals surface area contributed by atoms with Gasteiger partial charge in [0.2, 0.25) is 17.7 Å². The van der Waals surface area contributed by atoms with Gasteiger partial charge in [-0.25, -0.2) is 4.21 Å². The maximum atomic E-state index is 13.4. The molecule has 3 rings (SSSR count). The van der Waals surface area contributed by atoms with Crippen molar-refractivity contribution in [1.29, 1.82) is 0 Å². The fourth-order valence-corrected chi connectivity index (χ4v) is 9.07. The number of nitrogens with two attached hydrogens (primary N) is 1. The van der Waals surface area contributed by atoms with Crippen LogP contribution in [0.1, 0.15) is 127 Å². The average Bonchev–Trinajstić information content (AvgIpc) is 3.68. The van der Waals surface area contributed by atoms with Gasteiger partial charge in [0.15, 0.2) is 11.1 Å². The topological polar surface area (TPSA) is 254 Å². The third-order valence-electron chi connectivity index (χ3n) is 13.5. The van der Waals surface area contributed by atoms with Gasteiger partial charge in [0.05, 0.1) is 117 Å². The van der Waals surface area contributed by atoms with Crippen LogP contribution in [-0.2, 0) is 79.4 Å². The molecule has 0 saturated heterocycles. The molecular formula is C62H99N5O15S. The lowest BCUT2D eigenvalue weighted by molar-refractivity contribution is -0.129. The van der Waals surface area contributed by atoms with Crippen molar-refractivity contribution in [3.63, 3.8) is 0 Å². The highest BCUT2D eigenvalue weighted by Crippen LogP contribution is 2.26. The molecule has 4 unspecified atom stereocenters. The molecule has 83 heavy (non-hydrogen) atoms. The molecule has 1 aliphatic heterocycles. The summed E-state index contributed by atoms with van der Waals surface area (Å²) in [5.74, 6) is 5.93. The highest BCUT2D eigenvalue weighted by atomic mass is 32.2. The number of hydrogen-bond acceptors (Lipinski definition) is 16. The number of benzene rings is 2. The number of unbranched alkanes of at least 4 members (excludes halogenated alkanes) is 5. The minimum atomic E-state index is -1.74. The van der Waals surface area contributed by atoms with Crippen molar-refractivity contribution in [3.05, 3.63) is 77.1 Å². The summed E-state index contributed by atoms with van der Waals surface area (Å²) in [6, 6.07) is 14.8. The van der Waals surface area contributed by atoms with Crippen molar-refractivity contribution >= 4 is 40.8 Å². The summed E-state index contributed by atoms with van der Waals surface area (Å²) in [5, 5.41) is 9.12. The van der Waals surface area contributed by atoms with E-state index in [1.165, 1.54) is 0 Å². The van der Waals surface area contributed by atoms with E-state index in [2.05, 4.69) is 34.7 Å².